The highest BCUT2D eigenvalue weighted by molar-refractivity contribution is 5.41. The van der Waals surface area contributed by atoms with Crippen molar-refractivity contribution < 1.29 is 9.84 Å². The van der Waals surface area contributed by atoms with Gasteiger partial charge in [-0.3, -0.25) is 0 Å². The number of rotatable bonds is 5. The molecule has 4 nitrogen and oxygen atoms in total. The van der Waals surface area contributed by atoms with E-state index in [0.717, 1.165) is 5.56 Å². The van der Waals surface area contributed by atoms with E-state index in [0.29, 0.717) is 12.3 Å². The number of phenolic OH excluding ortho intramolecular Hbond substituents is 1. The first kappa shape index (κ1) is 14.3. The Labute approximate surface area is 108 Å². The number of ether oxygens (including phenoxy) is 1. The van der Waals surface area contributed by atoms with Gasteiger partial charge in [-0.15, -0.1) is 0 Å². The van der Waals surface area contributed by atoms with Gasteiger partial charge in [0.25, 0.3) is 0 Å². The summed E-state index contributed by atoms with van der Waals surface area (Å²) < 4.78 is 5.04. The van der Waals surface area contributed by atoms with Crippen LogP contribution in [0.1, 0.15) is 32.4 Å². The van der Waals surface area contributed by atoms with Crippen molar-refractivity contribution in [1.82, 2.24) is 5.32 Å². The van der Waals surface area contributed by atoms with Crippen molar-refractivity contribution in [1.29, 1.82) is 5.26 Å². The fourth-order valence-electron chi connectivity index (χ4n) is 1.57. The molecule has 1 atom stereocenters. The monoisotopic (exact) mass is 248 g/mol. The summed E-state index contributed by atoms with van der Waals surface area (Å²) in [6.45, 7) is 6.27. The largest absolute Gasteiger partial charge is 0.507 e. The second kappa shape index (κ2) is 5.74. The fourth-order valence-corrected chi connectivity index (χ4v) is 1.57. The lowest BCUT2D eigenvalue weighted by Gasteiger charge is -2.21. The quantitative estimate of drug-likeness (QED) is 0.840. The van der Waals surface area contributed by atoms with E-state index in [4.69, 9.17) is 10.00 Å². The number of methoxy groups -OCH3 is 1. The van der Waals surface area contributed by atoms with E-state index in [-0.39, 0.29) is 11.8 Å². The standard InChI is InChI=1S/C14H20N2O2/c1-10(16-9-14(2,3)8-15)12-6-5-11(18-4)7-13(12)17/h5-7,10,16-17H,9H2,1-4H3. The Morgan fingerprint density at radius 1 is 1.50 bits per heavy atom. The van der Waals surface area contributed by atoms with Crippen molar-refractivity contribution >= 4 is 0 Å². The van der Waals surface area contributed by atoms with Crippen molar-refractivity contribution in [3.05, 3.63) is 23.8 Å². The molecule has 0 radical (unpaired) electrons. The predicted octanol–water partition coefficient (Wildman–Crippen LogP) is 2.60. The average molecular weight is 248 g/mol. The maximum atomic E-state index is 9.89. The van der Waals surface area contributed by atoms with E-state index in [1.165, 1.54) is 0 Å². The van der Waals surface area contributed by atoms with Crippen molar-refractivity contribution in [3.8, 4) is 17.6 Å². The molecule has 0 bridgehead atoms. The van der Waals surface area contributed by atoms with Gasteiger partial charge in [-0.1, -0.05) is 6.07 Å². The van der Waals surface area contributed by atoms with Crippen molar-refractivity contribution in [3.63, 3.8) is 0 Å². The first-order chi connectivity index (χ1) is 8.39. The number of benzene rings is 1. The average Bonchev–Trinajstić information content (AvgIpc) is 2.36. The Hall–Kier alpha value is -1.73. The van der Waals surface area contributed by atoms with Crippen LogP contribution < -0.4 is 10.1 Å². The summed E-state index contributed by atoms with van der Waals surface area (Å²) >= 11 is 0. The smallest absolute Gasteiger partial charge is 0.124 e. The van der Waals surface area contributed by atoms with Crippen LogP contribution in [0.4, 0.5) is 0 Å². The van der Waals surface area contributed by atoms with Crippen LogP contribution in [-0.2, 0) is 0 Å². The number of nitrogens with one attached hydrogen (secondary N) is 1. The lowest BCUT2D eigenvalue weighted by atomic mass is 9.95. The maximum Gasteiger partial charge on any atom is 0.124 e. The molecule has 0 aliphatic heterocycles. The Morgan fingerprint density at radius 3 is 2.67 bits per heavy atom. The van der Waals surface area contributed by atoms with Crippen molar-refractivity contribution in [2.24, 2.45) is 5.41 Å². The van der Waals surface area contributed by atoms with Crippen molar-refractivity contribution in [2.45, 2.75) is 26.8 Å². The molecule has 1 rings (SSSR count). The number of aromatic hydroxyl groups is 1. The first-order valence-corrected chi connectivity index (χ1v) is 5.91. The van der Waals surface area contributed by atoms with Gasteiger partial charge in [-0.25, -0.2) is 0 Å². The molecule has 0 spiro atoms. The van der Waals surface area contributed by atoms with E-state index in [2.05, 4.69) is 11.4 Å². The summed E-state index contributed by atoms with van der Waals surface area (Å²) in [7, 11) is 1.56. The van der Waals surface area contributed by atoms with Crippen LogP contribution in [0.2, 0.25) is 0 Å². The number of nitrogens with zero attached hydrogens (tertiary/aromatic N) is 1. The highest BCUT2D eigenvalue weighted by atomic mass is 16.5. The van der Waals surface area contributed by atoms with E-state index >= 15 is 0 Å². The zero-order valence-electron chi connectivity index (χ0n) is 11.3. The van der Waals surface area contributed by atoms with Crippen LogP contribution >= 0.6 is 0 Å². The van der Waals surface area contributed by atoms with Gasteiger partial charge in [-0.05, 0) is 26.8 Å². The second-order valence-electron chi connectivity index (χ2n) is 5.02. The molecule has 1 unspecified atom stereocenters. The Bertz CT molecular complexity index is 450. The maximum absolute atomic E-state index is 9.89. The van der Waals surface area contributed by atoms with Crippen LogP contribution in [-0.4, -0.2) is 18.8 Å². The molecule has 1 aromatic rings. The minimum Gasteiger partial charge on any atom is -0.507 e. The molecule has 2 N–H and O–H groups in total. The molecule has 4 heteroatoms. The van der Waals surface area contributed by atoms with E-state index in [1.54, 1.807) is 13.2 Å². The van der Waals surface area contributed by atoms with Crippen LogP contribution in [0, 0.1) is 16.7 Å². The van der Waals surface area contributed by atoms with Crippen LogP contribution in [0.25, 0.3) is 0 Å². The molecule has 0 amide bonds. The molecule has 98 valence electrons. The third-order valence-corrected chi connectivity index (χ3v) is 2.86. The fraction of sp³-hybridized carbons (Fsp3) is 0.500. The van der Waals surface area contributed by atoms with Gasteiger partial charge in [0, 0.05) is 24.2 Å². The number of nitriles is 1. The summed E-state index contributed by atoms with van der Waals surface area (Å²) in [6, 6.07) is 7.43. The molecule has 18 heavy (non-hydrogen) atoms. The highest BCUT2D eigenvalue weighted by Gasteiger charge is 2.19. The van der Waals surface area contributed by atoms with Gasteiger partial charge in [-0.2, -0.15) is 5.26 Å². The van der Waals surface area contributed by atoms with Crippen molar-refractivity contribution in [2.75, 3.05) is 13.7 Å². The predicted molar refractivity (Wildman–Crippen MR) is 70.5 cm³/mol. The zero-order chi connectivity index (χ0) is 13.8. The minimum absolute atomic E-state index is 0.0245. The van der Waals surface area contributed by atoms with Gasteiger partial charge in [0.2, 0.25) is 0 Å². The third kappa shape index (κ3) is 3.64. The molecular formula is C14H20N2O2. The van der Waals surface area contributed by atoms with E-state index in [1.807, 2.05) is 32.9 Å². The zero-order valence-corrected chi connectivity index (χ0v) is 11.3. The Balaban J connectivity index is 2.73. The normalized spacial score (nSPS) is 12.8. The third-order valence-electron chi connectivity index (χ3n) is 2.86. The molecule has 1 aromatic carbocycles. The number of hydrogen-bond donors (Lipinski definition) is 2. The molecular weight excluding hydrogens is 228 g/mol. The van der Waals surface area contributed by atoms with Gasteiger partial charge in [0.05, 0.1) is 18.6 Å². The Kier molecular flexibility index (Phi) is 4.57. The van der Waals surface area contributed by atoms with Crippen LogP contribution in [0.15, 0.2) is 18.2 Å². The van der Waals surface area contributed by atoms with E-state index in [9.17, 15) is 5.11 Å². The Morgan fingerprint density at radius 2 is 2.17 bits per heavy atom. The lowest BCUT2D eigenvalue weighted by Crippen LogP contribution is -2.30. The van der Waals surface area contributed by atoms with Gasteiger partial charge in [0.15, 0.2) is 0 Å². The minimum atomic E-state index is -0.420. The molecule has 0 aliphatic carbocycles. The van der Waals surface area contributed by atoms with Crippen LogP contribution in [0.3, 0.4) is 0 Å². The molecule has 0 saturated heterocycles. The number of phenols is 1. The lowest BCUT2D eigenvalue weighted by molar-refractivity contribution is 0.393. The SMILES string of the molecule is COc1ccc(C(C)NCC(C)(C)C#N)c(O)c1. The highest BCUT2D eigenvalue weighted by Crippen LogP contribution is 2.28. The summed E-state index contributed by atoms with van der Waals surface area (Å²) in [4.78, 5) is 0. The van der Waals surface area contributed by atoms with E-state index < -0.39 is 5.41 Å². The van der Waals surface area contributed by atoms with Crippen LogP contribution in [0.5, 0.6) is 11.5 Å². The molecule has 0 saturated carbocycles. The molecule has 0 aromatic heterocycles. The molecule has 0 aliphatic rings. The van der Waals surface area contributed by atoms with Gasteiger partial charge in [0.1, 0.15) is 11.5 Å². The topological polar surface area (TPSA) is 65.3 Å². The molecule has 0 heterocycles. The second-order valence-corrected chi connectivity index (χ2v) is 5.02. The molecule has 0 fully saturated rings. The summed E-state index contributed by atoms with van der Waals surface area (Å²) in [5.74, 6) is 0.824. The van der Waals surface area contributed by atoms with Gasteiger partial charge < -0.3 is 15.2 Å². The summed E-state index contributed by atoms with van der Waals surface area (Å²) in [5.41, 5.74) is 0.376. The van der Waals surface area contributed by atoms with Gasteiger partial charge >= 0.3 is 0 Å². The summed E-state index contributed by atoms with van der Waals surface area (Å²) in [6.07, 6.45) is 0. The number of hydrogen-bond acceptors (Lipinski definition) is 4. The first-order valence-electron chi connectivity index (χ1n) is 5.91. The summed E-state index contributed by atoms with van der Waals surface area (Å²) in [5, 5.41) is 22.1.